The fourth-order valence-corrected chi connectivity index (χ4v) is 3.99. The predicted octanol–water partition coefficient (Wildman–Crippen LogP) is 5.42. The molecule has 5 nitrogen and oxygen atoms in total. The topological polar surface area (TPSA) is 73.9 Å². The van der Waals surface area contributed by atoms with Gasteiger partial charge in [-0.25, -0.2) is 4.68 Å². The Morgan fingerprint density at radius 2 is 1.74 bits per heavy atom. The van der Waals surface area contributed by atoms with Gasteiger partial charge in [-0.2, -0.15) is 14.8 Å². The molecule has 0 aliphatic heterocycles. The van der Waals surface area contributed by atoms with E-state index >= 15 is 0 Å². The van der Waals surface area contributed by atoms with Gasteiger partial charge in [0, 0.05) is 12.1 Å². The van der Waals surface area contributed by atoms with Crippen LogP contribution in [0.2, 0.25) is 10.0 Å². The van der Waals surface area contributed by atoms with Crippen LogP contribution in [0.15, 0.2) is 17.0 Å². The van der Waals surface area contributed by atoms with Crippen molar-refractivity contribution in [2.45, 2.75) is 22.1 Å². The summed E-state index contributed by atoms with van der Waals surface area (Å²) in [5.41, 5.74) is -0.711. The Morgan fingerprint density at radius 1 is 1.22 bits per heavy atom. The third kappa shape index (κ3) is 4.85. The number of ether oxygens (including phenoxy) is 1. The zero-order chi connectivity index (χ0) is 20.7. The minimum atomic E-state index is -4.97. The second kappa shape index (κ2) is 7.73. The minimum Gasteiger partial charge on any atom is -0.607 e. The van der Waals surface area contributed by atoms with Crippen LogP contribution in [0.5, 0.6) is 5.75 Å². The summed E-state index contributed by atoms with van der Waals surface area (Å²) in [6.07, 6.45) is -4.97. The zero-order valence-corrected chi connectivity index (χ0v) is 16.6. The van der Waals surface area contributed by atoms with Gasteiger partial charge >= 0.3 is 10.3 Å². The van der Waals surface area contributed by atoms with Crippen LogP contribution in [-0.4, -0.2) is 24.6 Å². The number of aromatic nitrogens is 2. The van der Waals surface area contributed by atoms with Crippen LogP contribution < -0.4 is 4.74 Å². The lowest BCUT2D eigenvalue weighted by Crippen LogP contribution is -2.22. The number of benzene rings is 1. The molecule has 1 aromatic heterocycles. The van der Waals surface area contributed by atoms with E-state index in [1.165, 1.54) is 6.92 Å². The van der Waals surface area contributed by atoms with E-state index in [0.29, 0.717) is 0 Å². The zero-order valence-electron chi connectivity index (χ0n) is 12.7. The van der Waals surface area contributed by atoms with Gasteiger partial charge in [-0.05, 0) is 30.1 Å². The first-order chi connectivity index (χ1) is 12.3. The van der Waals surface area contributed by atoms with E-state index in [4.69, 9.17) is 51.7 Å². The van der Waals surface area contributed by atoms with E-state index < -0.39 is 37.8 Å². The Morgan fingerprint density at radius 3 is 2.15 bits per heavy atom. The summed E-state index contributed by atoms with van der Waals surface area (Å²) in [6.45, 7) is 1.29. The molecule has 0 aliphatic carbocycles. The van der Waals surface area contributed by atoms with Crippen molar-refractivity contribution in [1.82, 2.24) is 9.78 Å². The van der Waals surface area contributed by atoms with Crippen LogP contribution in [0.4, 0.5) is 17.6 Å². The molecule has 0 spiro atoms. The van der Waals surface area contributed by atoms with E-state index in [9.17, 15) is 22.1 Å². The van der Waals surface area contributed by atoms with Gasteiger partial charge in [0.25, 0.3) is 0 Å². The maximum absolute atomic E-state index is 13.7. The van der Waals surface area contributed by atoms with Crippen molar-refractivity contribution in [2.75, 3.05) is 0 Å². The number of nitrogens with zero attached hydrogens (tertiary/aromatic N) is 3. The van der Waals surface area contributed by atoms with Crippen LogP contribution in [0.25, 0.3) is 5.69 Å². The normalized spacial score (nSPS) is 13.4. The van der Waals surface area contributed by atoms with Crippen molar-refractivity contribution in [2.24, 2.45) is 0 Å². The monoisotopic (exact) mass is 483 g/mol. The quantitative estimate of drug-likeness (QED) is 0.329. The third-order valence-corrected chi connectivity index (χ3v) is 5.70. The van der Waals surface area contributed by atoms with Gasteiger partial charge < -0.3 is 9.29 Å². The fraction of sp³-hybridized carbons (Fsp3) is 0.231. The highest BCUT2D eigenvalue weighted by atomic mass is 35.5. The van der Waals surface area contributed by atoms with E-state index in [-0.39, 0.29) is 21.4 Å². The molecule has 0 fully saturated rings. The standard InChI is InChI=1S/C13H5Cl4F4N3O2S/c1-5-11(27(25)12(16,17)18)9(4-22)23-24(5)10-7(14)2-6(3-8(10)15)26-13(19,20)21/h2-3H,1H3. The van der Waals surface area contributed by atoms with E-state index in [2.05, 4.69) is 9.84 Å². The summed E-state index contributed by atoms with van der Waals surface area (Å²) >= 11 is 19.6. The molecule has 14 heteroatoms. The van der Waals surface area contributed by atoms with Crippen LogP contribution in [0.1, 0.15) is 11.4 Å². The fourth-order valence-electron chi connectivity index (χ4n) is 2.05. The number of hydrogen-bond acceptors (Lipinski definition) is 4. The molecular weight excluding hydrogens is 480 g/mol. The maximum Gasteiger partial charge on any atom is 0.573 e. The van der Waals surface area contributed by atoms with Crippen LogP contribution in [0.3, 0.4) is 0 Å². The summed E-state index contributed by atoms with van der Waals surface area (Å²) in [7, 11) is 0. The van der Waals surface area contributed by atoms with Crippen LogP contribution >= 0.6 is 46.4 Å². The number of alkyl halides is 6. The number of rotatable bonds is 4. The summed E-state index contributed by atoms with van der Waals surface area (Å²) < 4.78 is 64.2. The highest BCUT2D eigenvalue weighted by Crippen LogP contribution is 2.40. The second-order valence-electron chi connectivity index (χ2n) is 4.78. The van der Waals surface area contributed by atoms with E-state index in [0.717, 1.165) is 16.8 Å². The van der Waals surface area contributed by atoms with Crippen molar-refractivity contribution in [3.05, 3.63) is 33.6 Å². The highest BCUT2D eigenvalue weighted by Gasteiger charge is 2.44. The van der Waals surface area contributed by atoms with Crippen molar-refractivity contribution in [3.8, 4) is 17.5 Å². The van der Waals surface area contributed by atoms with Gasteiger partial charge in [0.1, 0.15) is 17.5 Å². The first-order valence-corrected chi connectivity index (χ1v) is 9.16. The van der Waals surface area contributed by atoms with Crippen molar-refractivity contribution in [3.63, 3.8) is 0 Å². The third-order valence-electron chi connectivity index (χ3n) is 3.00. The first kappa shape index (κ1) is 22.2. The number of nitriles is 1. The summed E-state index contributed by atoms with van der Waals surface area (Å²) in [4.78, 5) is -0.423. The molecule has 0 radical (unpaired) electrons. The maximum atomic E-state index is 13.7. The van der Waals surface area contributed by atoms with Crippen molar-refractivity contribution < 1.29 is 26.9 Å². The molecule has 0 amide bonds. The minimum absolute atomic E-state index is 0.0681. The molecule has 146 valence electrons. The van der Waals surface area contributed by atoms with Gasteiger partial charge in [0.2, 0.25) is 10.6 Å². The van der Waals surface area contributed by atoms with Gasteiger partial charge in [-0.3, -0.25) is 0 Å². The van der Waals surface area contributed by atoms with Gasteiger partial charge in [0.15, 0.2) is 0 Å². The Balaban J connectivity index is 2.64. The Labute approximate surface area is 172 Å². The lowest BCUT2D eigenvalue weighted by Gasteiger charge is -2.16. The van der Waals surface area contributed by atoms with Crippen molar-refractivity contribution in [1.29, 1.82) is 5.26 Å². The summed E-state index contributed by atoms with van der Waals surface area (Å²) in [6, 6.07) is 3.21. The molecule has 2 aromatic rings. The molecule has 0 saturated heterocycles. The molecule has 1 heterocycles. The van der Waals surface area contributed by atoms with Crippen LogP contribution in [0, 0.1) is 18.3 Å². The Hall–Kier alpha value is -1.09. The Bertz CT molecular complexity index is 901. The molecule has 1 aromatic carbocycles. The molecular formula is C13H5Cl4F4N3O2S. The lowest BCUT2D eigenvalue weighted by molar-refractivity contribution is -0.274. The Kier molecular flexibility index (Phi) is 6.36. The first-order valence-electron chi connectivity index (χ1n) is 6.49. The number of hydrogen-bond donors (Lipinski definition) is 0. The second-order valence-corrected chi connectivity index (χ2v) is 8.79. The molecule has 1 atom stereocenters. The smallest absolute Gasteiger partial charge is 0.573 e. The average Bonchev–Trinajstić information content (AvgIpc) is 2.79. The van der Waals surface area contributed by atoms with E-state index in [1.54, 1.807) is 6.07 Å². The molecule has 0 bridgehead atoms. The molecule has 0 N–H and O–H groups in total. The van der Waals surface area contributed by atoms with Gasteiger partial charge in [-0.1, -0.05) is 23.2 Å². The summed E-state index contributed by atoms with van der Waals surface area (Å²) in [5, 5.41) is 12.3. The van der Waals surface area contributed by atoms with Gasteiger partial charge in [0.05, 0.1) is 26.9 Å². The lowest BCUT2D eigenvalue weighted by atomic mass is 10.3. The molecule has 1 unspecified atom stereocenters. The number of halogens is 8. The van der Waals surface area contributed by atoms with Crippen LogP contribution in [-0.2, 0) is 11.2 Å². The largest absolute Gasteiger partial charge is 0.607 e. The molecule has 27 heavy (non-hydrogen) atoms. The van der Waals surface area contributed by atoms with Crippen molar-refractivity contribution >= 4 is 57.6 Å². The molecule has 0 aliphatic rings. The molecule has 0 saturated carbocycles. The van der Waals surface area contributed by atoms with Gasteiger partial charge in [-0.15, -0.1) is 13.2 Å². The summed E-state index contributed by atoms with van der Waals surface area (Å²) in [5.74, 6) is -0.695. The molecule has 2 rings (SSSR count). The highest BCUT2D eigenvalue weighted by molar-refractivity contribution is 7.95. The SMILES string of the molecule is Cc1c([S+]([O-])C(F)(Cl)Cl)c(C#N)nn1-c1c(Cl)cc(OC(F)(F)F)cc1Cl. The van der Waals surface area contributed by atoms with E-state index in [1.807, 2.05) is 0 Å². The predicted molar refractivity (Wildman–Crippen MR) is 91.7 cm³/mol. The average molecular weight is 485 g/mol.